The summed E-state index contributed by atoms with van der Waals surface area (Å²) in [5.41, 5.74) is 2.43. The van der Waals surface area contributed by atoms with Crippen molar-refractivity contribution in [2.45, 2.75) is 38.0 Å². The Morgan fingerprint density at radius 1 is 1.28 bits per heavy atom. The fourth-order valence-corrected chi connectivity index (χ4v) is 4.63. The van der Waals surface area contributed by atoms with E-state index in [1.165, 1.54) is 24.0 Å². The van der Waals surface area contributed by atoms with Gasteiger partial charge in [-0.3, -0.25) is 14.5 Å². The lowest BCUT2D eigenvalue weighted by atomic mass is 10.1. The van der Waals surface area contributed by atoms with E-state index in [1.54, 1.807) is 0 Å². The zero-order chi connectivity index (χ0) is 25.4. The summed E-state index contributed by atoms with van der Waals surface area (Å²) in [4.78, 5) is 25.3. The molecule has 4 atom stereocenters. The number of carbonyl (C=O) groups is 1. The van der Waals surface area contributed by atoms with Crippen LogP contribution in [-0.4, -0.2) is 75.9 Å². The predicted molar refractivity (Wildman–Crippen MR) is 137 cm³/mol. The maximum Gasteiger partial charge on any atom is 0.221 e. The number of benzene rings is 1. The van der Waals surface area contributed by atoms with Gasteiger partial charge in [0.1, 0.15) is 18.3 Å². The predicted octanol–water partition coefficient (Wildman–Crippen LogP) is 1.00. The number of aliphatic hydroxyl groups excluding tert-OH is 3. The van der Waals surface area contributed by atoms with Crippen molar-refractivity contribution < 1.29 is 24.9 Å². The molecule has 1 amide bonds. The third-order valence-corrected chi connectivity index (χ3v) is 6.40. The first kappa shape index (κ1) is 24.5. The minimum atomic E-state index is -1.32. The smallest absolute Gasteiger partial charge is 0.221 e. The second-order valence-electron chi connectivity index (χ2n) is 8.26. The van der Waals surface area contributed by atoms with Gasteiger partial charge in [-0.15, -0.1) is 0 Å². The molecule has 0 spiro atoms. The molecule has 0 radical (unpaired) electrons. The molecule has 1 fully saturated rings. The molecule has 1 saturated heterocycles. The molecule has 13 nitrogen and oxygen atoms in total. The van der Waals surface area contributed by atoms with Gasteiger partial charge in [0.05, 0.1) is 18.6 Å². The third-order valence-electron chi connectivity index (χ3n) is 5.72. The van der Waals surface area contributed by atoms with Crippen molar-refractivity contribution in [1.29, 1.82) is 0 Å². The summed E-state index contributed by atoms with van der Waals surface area (Å²) in [6.45, 7) is 1.37. The molecule has 4 heterocycles. The van der Waals surface area contributed by atoms with E-state index < -0.39 is 31.1 Å². The molecule has 1 aliphatic rings. The number of halogens is 1. The van der Waals surface area contributed by atoms with Crippen LogP contribution in [0.15, 0.2) is 36.8 Å². The molecule has 188 valence electrons. The standard InChI is InChI=1S/C22H23IN8O5/c1-10(33)27-13-7-26-30-15(13)20-28-19(24-6-11-3-2-4-12(23)5-11)16-21(29-20)31(9-25-16)22-18(35)17(34)14(8-32)36-22/h2-5,7,9,14,17-18,22,32,34-35H,6,8H2,1H3,(H,26,30)(H,27,33)(H,24,28,29)/t14-,17-,18-,22-/m1/s1. The molecule has 0 bridgehead atoms. The minimum absolute atomic E-state index is 0.186. The van der Waals surface area contributed by atoms with Gasteiger partial charge in [0.15, 0.2) is 34.7 Å². The molecule has 6 N–H and O–H groups in total. The van der Waals surface area contributed by atoms with Crippen LogP contribution in [0.4, 0.5) is 11.5 Å². The molecule has 0 saturated carbocycles. The normalized spacial score (nSPS) is 21.7. The lowest BCUT2D eigenvalue weighted by Crippen LogP contribution is -2.33. The number of nitrogens with one attached hydrogen (secondary N) is 3. The maximum absolute atomic E-state index is 11.7. The van der Waals surface area contributed by atoms with Crippen LogP contribution in [0.3, 0.4) is 0 Å². The summed E-state index contributed by atoms with van der Waals surface area (Å²) in [6.07, 6.45) is -1.65. The van der Waals surface area contributed by atoms with E-state index in [4.69, 9.17) is 4.74 Å². The van der Waals surface area contributed by atoms with E-state index in [-0.39, 0.29) is 11.7 Å². The van der Waals surface area contributed by atoms with Gasteiger partial charge in [-0.25, -0.2) is 15.0 Å². The van der Waals surface area contributed by atoms with Gasteiger partial charge < -0.3 is 30.7 Å². The first-order chi connectivity index (χ1) is 17.4. The number of ether oxygens (including phenoxy) is 1. The third kappa shape index (κ3) is 4.64. The number of nitrogens with zero attached hydrogens (tertiary/aromatic N) is 5. The molecule has 1 aromatic carbocycles. The average Bonchev–Trinajstić information content (AvgIpc) is 3.55. The molecule has 5 rings (SSSR count). The number of rotatable bonds is 7. The van der Waals surface area contributed by atoms with Crippen LogP contribution in [0.25, 0.3) is 22.7 Å². The van der Waals surface area contributed by atoms with Gasteiger partial charge in [0.2, 0.25) is 5.91 Å². The Bertz CT molecular complexity index is 1410. The molecule has 36 heavy (non-hydrogen) atoms. The van der Waals surface area contributed by atoms with Crippen LogP contribution < -0.4 is 10.6 Å². The van der Waals surface area contributed by atoms with Gasteiger partial charge in [0, 0.05) is 23.2 Å². The Labute approximate surface area is 218 Å². The molecule has 0 unspecified atom stereocenters. The summed E-state index contributed by atoms with van der Waals surface area (Å²) in [5.74, 6) is 0.301. The highest BCUT2D eigenvalue weighted by molar-refractivity contribution is 14.1. The Hall–Kier alpha value is -3.18. The van der Waals surface area contributed by atoms with E-state index in [0.29, 0.717) is 34.9 Å². The van der Waals surface area contributed by atoms with Crippen molar-refractivity contribution in [3.05, 3.63) is 45.9 Å². The number of hydrogen-bond donors (Lipinski definition) is 6. The Morgan fingerprint density at radius 2 is 2.11 bits per heavy atom. The van der Waals surface area contributed by atoms with Gasteiger partial charge in [-0.1, -0.05) is 12.1 Å². The van der Waals surface area contributed by atoms with Crippen molar-refractivity contribution in [1.82, 2.24) is 29.7 Å². The topological polar surface area (TPSA) is 183 Å². The van der Waals surface area contributed by atoms with Crippen molar-refractivity contribution in [3.63, 3.8) is 0 Å². The Balaban J connectivity index is 1.60. The highest BCUT2D eigenvalue weighted by Gasteiger charge is 2.44. The molecule has 1 aliphatic heterocycles. The number of carbonyl (C=O) groups excluding carboxylic acids is 1. The van der Waals surface area contributed by atoms with E-state index in [0.717, 1.165) is 9.13 Å². The second-order valence-corrected chi connectivity index (χ2v) is 9.51. The van der Waals surface area contributed by atoms with Crippen LogP contribution in [-0.2, 0) is 16.1 Å². The largest absolute Gasteiger partial charge is 0.394 e. The summed E-state index contributed by atoms with van der Waals surface area (Å²) < 4.78 is 8.26. The Kier molecular flexibility index (Phi) is 6.85. The number of aromatic nitrogens is 6. The number of aromatic amines is 1. The number of amides is 1. The van der Waals surface area contributed by atoms with Gasteiger partial charge in [-0.05, 0) is 40.3 Å². The van der Waals surface area contributed by atoms with Crippen LogP contribution >= 0.6 is 22.6 Å². The quantitative estimate of drug-likeness (QED) is 0.166. The van der Waals surface area contributed by atoms with Crippen molar-refractivity contribution in [2.75, 3.05) is 17.2 Å². The fraction of sp³-hybridized carbons (Fsp3) is 0.318. The molecule has 3 aromatic heterocycles. The molecule has 4 aromatic rings. The van der Waals surface area contributed by atoms with Crippen LogP contribution in [0, 0.1) is 3.57 Å². The van der Waals surface area contributed by atoms with Gasteiger partial charge >= 0.3 is 0 Å². The van der Waals surface area contributed by atoms with E-state index in [9.17, 15) is 20.1 Å². The van der Waals surface area contributed by atoms with E-state index in [2.05, 4.69) is 58.4 Å². The van der Waals surface area contributed by atoms with Gasteiger partial charge in [-0.2, -0.15) is 5.10 Å². The highest BCUT2D eigenvalue weighted by atomic mass is 127. The number of fused-ring (bicyclic) bond motifs is 1. The van der Waals surface area contributed by atoms with Crippen molar-refractivity contribution >= 4 is 51.2 Å². The fourth-order valence-electron chi connectivity index (χ4n) is 4.02. The molecular formula is C22H23IN8O5. The van der Waals surface area contributed by atoms with Crippen LogP contribution in [0.1, 0.15) is 18.7 Å². The number of H-pyrrole nitrogens is 1. The van der Waals surface area contributed by atoms with Crippen LogP contribution in [0.2, 0.25) is 0 Å². The minimum Gasteiger partial charge on any atom is -0.394 e. The summed E-state index contributed by atoms with van der Waals surface area (Å²) in [6, 6.07) is 7.97. The molecule has 0 aliphatic carbocycles. The van der Waals surface area contributed by atoms with Gasteiger partial charge in [0.25, 0.3) is 0 Å². The first-order valence-corrected chi connectivity index (χ1v) is 12.1. The average molecular weight is 606 g/mol. The lowest BCUT2D eigenvalue weighted by Gasteiger charge is -2.17. The molecular weight excluding hydrogens is 583 g/mol. The number of anilines is 2. The second kappa shape index (κ2) is 10.1. The first-order valence-electron chi connectivity index (χ1n) is 11.0. The Morgan fingerprint density at radius 3 is 2.83 bits per heavy atom. The summed E-state index contributed by atoms with van der Waals surface area (Å²) in [7, 11) is 0. The number of imidazole rings is 1. The lowest BCUT2D eigenvalue weighted by molar-refractivity contribution is -0.114. The summed E-state index contributed by atoms with van der Waals surface area (Å²) in [5, 5.41) is 43.2. The van der Waals surface area contributed by atoms with Crippen molar-refractivity contribution in [2.24, 2.45) is 0 Å². The van der Waals surface area contributed by atoms with Crippen LogP contribution in [0.5, 0.6) is 0 Å². The monoisotopic (exact) mass is 606 g/mol. The SMILES string of the molecule is CC(=O)Nc1c[nH]nc1-c1nc(NCc2cccc(I)c2)c2ncn([C@@H]3O[C@H](CO)[C@@H](O)[C@H]3O)c2n1. The zero-order valence-corrected chi connectivity index (χ0v) is 21.1. The zero-order valence-electron chi connectivity index (χ0n) is 19.0. The van der Waals surface area contributed by atoms with E-state index in [1.807, 2.05) is 24.3 Å². The summed E-state index contributed by atoms with van der Waals surface area (Å²) >= 11 is 2.24. The maximum atomic E-state index is 11.7. The number of aliphatic hydroxyl groups is 3. The molecule has 14 heteroatoms. The van der Waals surface area contributed by atoms with Crippen molar-refractivity contribution in [3.8, 4) is 11.5 Å². The van der Waals surface area contributed by atoms with E-state index >= 15 is 0 Å². The number of hydrogen-bond acceptors (Lipinski definition) is 10. The highest BCUT2D eigenvalue weighted by Crippen LogP contribution is 2.34.